The van der Waals surface area contributed by atoms with Gasteiger partial charge in [0.25, 0.3) is 0 Å². The van der Waals surface area contributed by atoms with Crippen LogP contribution in [-0.2, 0) is 49.9 Å². The molecule has 2 saturated carbocycles. The van der Waals surface area contributed by atoms with Crippen molar-refractivity contribution >= 4 is 46.8 Å². The maximum Gasteiger partial charge on any atom is 0.367 e. The molecule has 2 aromatic carbocycles. The number of carbonyl (C=O) groups is 6. The van der Waals surface area contributed by atoms with Crippen molar-refractivity contribution in [3.8, 4) is 5.88 Å². The predicted molar refractivity (Wildman–Crippen MR) is 238 cm³/mol. The van der Waals surface area contributed by atoms with E-state index in [0.717, 1.165) is 18.3 Å². The zero-order valence-electron chi connectivity index (χ0n) is 38.2. The molecule has 4 aromatic rings. The van der Waals surface area contributed by atoms with Crippen LogP contribution >= 0.6 is 11.3 Å². The highest BCUT2D eigenvalue weighted by Gasteiger charge is 2.79. The quantitative estimate of drug-likeness (QED) is 0.0617. The van der Waals surface area contributed by atoms with E-state index in [-0.39, 0.29) is 34.6 Å². The topological polar surface area (TPSA) is 202 Å². The van der Waals surface area contributed by atoms with Crippen LogP contribution in [0, 0.1) is 16.7 Å². The van der Waals surface area contributed by atoms with Gasteiger partial charge >= 0.3 is 29.8 Å². The number of fused-ring (bicyclic) bond motifs is 5. The number of aryl methyl sites for hydroxylation is 1. The molecule has 2 N–H and O–H groups in total. The molecule has 16 heteroatoms. The van der Waals surface area contributed by atoms with Gasteiger partial charge in [0.15, 0.2) is 35.6 Å². The molecule has 9 unspecified atom stereocenters. The van der Waals surface area contributed by atoms with E-state index in [9.17, 15) is 34.2 Å². The van der Waals surface area contributed by atoms with Crippen molar-refractivity contribution in [1.29, 1.82) is 0 Å². The van der Waals surface area contributed by atoms with Crippen LogP contribution in [-0.4, -0.2) is 100 Å². The number of esters is 4. The molecular formula is C51H54NO14S+. The normalized spacial score (nSPS) is 30.4. The number of aromatic nitrogens is 1. The van der Waals surface area contributed by atoms with Crippen molar-refractivity contribution in [2.75, 3.05) is 6.61 Å². The molecule has 0 radical (unpaired) electrons. The minimum absolute atomic E-state index is 0.0262. The predicted octanol–water partition coefficient (Wildman–Crippen LogP) is 5.20. The van der Waals surface area contributed by atoms with Crippen LogP contribution in [0.3, 0.4) is 0 Å². The third-order valence-corrected chi connectivity index (χ3v) is 15.3. The van der Waals surface area contributed by atoms with Crippen LogP contribution in [0.5, 0.6) is 5.88 Å². The van der Waals surface area contributed by atoms with E-state index in [4.69, 9.17) is 28.4 Å². The summed E-state index contributed by atoms with van der Waals surface area (Å²) in [6, 6.07) is 24.8. The number of carbonyl (C=O) groups excluding carboxylic acids is 6. The number of thiophene rings is 1. The molecule has 3 heterocycles. The van der Waals surface area contributed by atoms with Gasteiger partial charge in [0, 0.05) is 43.7 Å². The number of hydrogen-bond donors (Lipinski definition) is 2. The summed E-state index contributed by atoms with van der Waals surface area (Å²) in [5.41, 5.74) is -6.89. The molecular weight excluding hydrogens is 883 g/mol. The number of aliphatic hydroxyl groups excluding tert-OH is 1. The third kappa shape index (κ3) is 7.96. The van der Waals surface area contributed by atoms with Crippen LogP contribution in [0.2, 0.25) is 0 Å². The number of ether oxygens (including phenoxy) is 6. The summed E-state index contributed by atoms with van der Waals surface area (Å²) in [4.78, 5) is 86.1. The Morgan fingerprint density at radius 1 is 0.866 bits per heavy atom. The van der Waals surface area contributed by atoms with E-state index in [2.05, 4.69) is 0 Å². The number of Topliss-reactive ketones (excluding diaryl/α,β-unsaturated/α-hetero) is 2. The second-order valence-corrected chi connectivity index (χ2v) is 19.5. The zero-order chi connectivity index (χ0) is 48.2. The van der Waals surface area contributed by atoms with Gasteiger partial charge in [-0.1, -0.05) is 80.6 Å². The molecule has 0 amide bonds. The minimum Gasteiger partial charge on any atom is -0.456 e. The summed E-state index contributed by atoms with van der Waals surface area (Å²) in [5.74, 6) is -7.60. The van der Waals surface area contributed by atoms with Gasteiger partial charge in [0.2, 0.25) is 0 Å². The number of ketones is 2. The van der Waals surface area contributed by atoms with Crippen LogP contribution < -0.4 is 9.30 Å². The van der Waals surface area contributed by atoms with E-state index < -0.39 is 112 Å². The Kier molecular flexibility index (Phi) is 12.6. The molecule has 0 spiro atoms. The maximum absolute atomic E-state index is 16.2. The zero-order valence-corrected chi connectivity index (χ0v) is 39.0. The molecule has 3 fully saturated rings. The Morgan fingerprint density at radius 3 is 2.13 bits per heavy atom. The number of nitrogens with zero attached hydrogens (tertiary/aromatic N) is 1. The number of aliphatic hydroxyl groups is 2. The summed E-state index contributed by atoms with van der Waals surface area (Å²) < 4.78 is 39.7. The van der Waals surface area contributed by atoms with Crippen molar-refractivity contribution in [2.45, 2.75) is 108 Å². The maximum atomic E-state index is 16.2. The molecule has 4 aliphatic rings. The Morgan fingerprint density at radius 2 is 1.54 bits per heavy atom. The fourth-order valence-corrected chi connectivity index (χ4v) is 11.6. The van der Waals surface area contributed by atoms with E-state index in [1.54, 1.807) is 136 Å². The van der Waals surface area contributed by atoms with Gasteiger partial charge in [-0.15, -0.1) is 11.3 Å². The Hall–Kier alpha value is -6.07. The molecule has 1 aliphatic heterocycles. The first-order chi connectivity index (χ1) is 31.8. The number of pyridine rings is 1. The first-order valence-corrected chi connectivity index (χ1v) is 23.0. The summed E-state index contributed by atoms with van der Waals surface area (Å²) in [6.07, 6.45) is -8.05. The van der Waals surface area contributed by atoms with E-state index in [0.29, 0.717) is 11.4 Å². The Bertz CT molecular complexity index is 2610. The summed E-state index contributed by atoms with van der Waals surface area (Å²) >= 11 is 1.08. The fraction of sp³-hybridized carbons (Fsp3) is 0.431. The Balaban J connectivity index is 1.33. The van der Waals surface area contributed by atoms with Crippen molar-refractivity contribution in [2.24, 2.45) is 23.8 Å². The number of hydrogen-bond acceptors (Lipinski definition) is 15. The first-order valence-electron chi connectivity index (χ1n) is 22.1. The highest BCUT2D eigenvalue weighted by atomic mass is 32.1. The highest BCUT2D eigenvalue weighted by molar-refractivity contribution is 7.11. The van der Waals surface area contributed by atoms with Crippen molar-refractivity contribution < 1.29 is 72.0 Å². The summed E-state index contributed by atoms with van der Waals surface area (Å²) in [6.45, 7) is 8.40. The fourth-order valence-electron chi connectivity index (χ4n) is 11.0. The minimum atomic E-state index is -2.37. The van der Waals surface area contributed by atoms with Gasteiger partial charge in [-0.05, 0) is 48.1 Å². The lowest BCUT2D eigenvalue weighted by Gasteiger charge is -2.67. The molecule has 2 aromatic heterocycles. The monoisotopic (exact) mass is 936 g/mol. The SMILES string of the molecule is CC(=O)OC1C(=O)[C@]2(C)C(Oc3cccc[n+]3C)CC3OC[C@@]3(OC(C)=O)C2C(OC(=O)c2cccs2)C2(O)CC(OC(=O)C(O)C(C(=O)c3ccccc3)c3ccccc3)C(C)=C1C2(C)C. The van der Waals surface area contributed by atoms with Crippen LogP contribution in [0.25, 0.3) is 0 Å². The second-order valence-electron chi connectivity index (χ2n) is 18.6. The second kappa shape index (κ2) is 17.9. The molecule has 352 valence electrons. The molecule has 11 atom stereocenters. The Labute approximate surface area is 391 Å². The van der Waals surface area contributed by atoms with Crippen LogP contribution in [0.1, 0.15) is 85.9 Å². The van der Waals surface area contributed by atoms with Crippen molar-refractivity contribution in [3.05, 3.63) is 130 Å². The molecule has 15 nitrogen and oxygen atoms in total. The smallest absolute Gasteiger partial charge is 0.367 e. The molecule has 1 saturated heterocycles. The lowest BCUT2D eigenvalue weighted by molar-refractivity contribution is -0.678. The van der Waals surface area contributed by atoms with Crippen LogP contribution in [0.15, 0.2) is 114 Å². The van der Waals surface area contributed by atoms with Gasteiger partial charge < -0.3 is 38.6 Å². The molecule has 8 rings (SSSR count). The first kappa shape index (κ1) is 47.4. The number of rotatable bonds is 12. The van der Waals surface area contributed by atoms with E-state index >= 15 is 4.79 Å². The highest BCUT2D eigenvalue weighted by Crippen LogP contribution is 2.65. The van der Waals surface area contributed by atoms with Gasteiger partial charge in [-0.3, -0.25) is 19.2 Å². The number of benzene rings is 2. The largest absolute Gasteiger partial charge is 0.456 e. The van der Waals surface area contributed by atoms with E-state index in [1.165, 1.54) is 13.0 Å². The summed E-state index contributed by atoms with van der Waals surface area (Å²) in [7, 11) is 1.75. The molecule has 3 aliphatic carbocycles. The molecule has 67 heavy (non-hydrogen) atoms. The summed E-state index contributed by atoms with van der Waals surface area (Å²) in [5, 5.41) is 27.6. The van der Waals surface area contributed by atoms with Gasteiger partial charge in [-0.25, -0.2) is 9.59 Å². The van der Waals surface area contributed by atoms with Gasteiger partial charge in [0.05, 0.1) is 29.9 Å². The van der Waals surface area contributed by atoms with Crippen molar-refractivity contribution in [1.82, 2.24) is 0 Å². The van der Waals surface area contributed by atoms with Crippen molar-refractivity contribution in [3.63, 3.8) is 0 Å². The molecule has 2 bridgehead atoms. The van der Waals surface area contributed by atoms with Gasteiger partial charge in [0.1, 0.15) is 41.9 Å². The standard InChI is InChI=1S/C51H54NO14S/c1-28-33(63-47(59)41(56)38(31-17-10-8-11-18-31)40(55)32-19-12-9-13-20-32)26-51(60)45(65-46(58)34-21-16-24-67-34)43-49(6,44(57)42(62-29(2)53)39(28)48(51,4)5)35(64-37-22-14-15-23-52(37)7)25-36-50(43,27-61-36)66-30(3)54/h8-24,33,35-36,38,41-43,45,56,60H,25-27H2,1-7H3/q+1/t33?,35?,36?,38?,41?,42?,43?,45?,49-,50+,51?/m1/s1. The lowest BCUT2D eigenvalue weighted by atomic mass is 9.44. The van der Waals surface area contributed by atoms with Crippen LogP contribution in [0.4, 0.5) is 0 Å². The lowest BCUT2D eigenvalue weighted by Crippen LogP contribution is -2.82. The average Bonchev–Trinajstić information content (AvgIpc) is 3.84. The van der Waals surface area contributed by atoms with E-state index in [1.807, 2.05) is 0 Å². The third-order valence-electron chi connectivity index (χ3n) is 14.4. The van der Waals surface area contributed by atoms with Gasteiger partial charge in [-0.2, -0.15) is 4.57 Å². The average molecular weight is 937 g/mol.